The molecule has 0 unspecified atom stereocenters. The highest BCUT2D eigenvalue weighted by Gasteiger charge is 2.15. The van der Waals surface area contributed by atoms with Crippen LogP contribution in [0, 0.1) is 0 Å². The van der Waals surface area contributed by atoms with E-state index in [1.54, 1.807) is 12.4 Å². The van der Waals surface area contributed by atoms with Crippen LogP contribution in [0.25, 0.3) is 0 Å². The summed E-state index contributed by atoms with van der Waals surface area (Å²) < 4.78 is 31.7. The number of H-pyrrole nitrogens is 1. The van der Waals surface area contributed by atoms with Crippen LogP contribution in [-0.4, -0.2) is 32.0 Å². The molecule has 0 atom stereocenters. The SMILES string of the molecule is COc1cc(S(=O)(=O)NCCc2ncc[nH]2)ccc1N. The van der Waals surface area contributed by atoms with Crippen LogP contribution < -0.4 is 15.2 Å². The number of nitrogens with two attached hydrogens (primary N) is 1. The number of sulfonamides is 1. The fraction of sp³-hybridized carbons (Fsp3) is 0.250. The van der Waals surface area contributed by atoms with Gasteiger partial charge in [0.1, 0.15) is 11.6 Å². The van der Waals surface area contributed by atoms with E-state index in [9.17, 15) is 8.42 Å². The highest BCUT2D eigenvalue weighted by Crippen LogP contribution is 2.24. The van der Waals surface area contributed by atoms with Crippen molar-refractivity contribution in [3.8, 4) is 5.75 Å². The van der Waals surface area contributed by atoms with Gasteiger partial charge in [-0.15, -0.1) is 0 Å². The average molecular weight is 296 g/mol. The molecule has 0 radical (unpaired) electrons. The van der Waals surface area contributed by atoms with Crippen LogP contribution in [0.15, 0.2) is 35.5 Å². The van der Waals surface area contributed by atoms with Gasteiger partial charge in [-0.25, -0.2) is 18.1 Å². The van der Waals surface area contributed by atoms with Crippen LogP contribution in [-0.2, 0) is 16.4 Å². The molecular weight excluding hydrogens is 280 g/mol. The maximum absolute atomic E-state index is 12.1. The van der Waals surface area contributed by atoms with Gasteiger partial charge in [-0.3, -0.25) is 0 Å². The van der Waals surface area contributed by atoms with Gasteiger partial charge in [-0.1, -0.05) is 0 Å². The van der Waals surface area contributed by atoms with Crippen molar-refractivity contribution in [3.05, 3.63) is 36.4 Å². The third-order valence-electron chi connectivity index (χ3n) is 2.72. The first-order valence-electron chi connectivity index (χ1n) is 5.94. The molecule has 0 fully saturated rings. The Morgan fingerprint density at radius 1 is 1.45 bits per heavy atom. The summed E-state index contributed by atoms with van der Waals surface area (Å²) in [7, 11) is -2.15. The molecule has 2 rings (SSSR count). The molecule has 108 valence electrons. The monoisotopic (exact) mass is 296 g/mol. The number of hydrogen-bond donors (Lipinski definition) is 3. The second-order valence-corrected chi connectivity index (χ2v) is 5.85. The van der Waals surface area contributed by atoms with Gasteiger partial charge < -0.3 is 15.5 Å². The van der Waals surface area contributed by atoms with Crippen LogP contribution in [0.2, 0.25) is 0 Å². The fourth-order valence-corrected chi connectivity index (χ4v) is 2.73. The van der Waals surface area contributed by atoms with Crippen LogP contribution >= 0.6 is 0 Å². The summed E-state index contributed by atoms with van der Waals surface area (Å²) in [5.41, 5.74) is 6.05. The van der Waals surface area contributed by atoms with E-state index in [1.165, 1.54) is 25.3 Å². The largest absolute Gasteiger partial charge is 0.495 e. The zero-order chi connectivity index (χ0) is 14.6. The molecule has 0 aliphatic rings. The molecule has 20 heavy (non-hydrogen) atoms. The normalized spacial score (nSPS) is 11.4. The van der Waals surface area contributed by atoms with Crippen molar-refractivity contribution >= 4 is 15.7 Å². The summed E-state index contributed by atoms with van der Waals surface area (Å²) in [6.45, 7) is 0.253. The molecule has 0 spiro atoms. The topological polar surface area (TPSA) is 110 Å². The molecule has 1 aromatic carbocycles. The Balaban J connectivity index is 2.06. The molecule has 0 saturated heterocycles. The summed E-state index contributed by atoms with van der Waals surface area (Å²) >= 11 is 0. The molecule has 0 bridgehead atoms. The van der Waals surface area contributed by atoms with Gasteiger partial charge in [0, 0.05) is 31.4 Å². The van der Waals surface area contributed by atoms with Gasteiger partial charge in [0.15, 0.2) is 0 Å². The van der Waals surface area contributed by atoms with Gasteiger partial charge in [0.05, 0.1) is 17.7 Å². The van der Waals surface area contributed by atoms with E-state index in [2.05, 4.69) is 14.7 Å². The molecule has 7 nitrogen and oxygen atoms in total. The van der Waals surface area contributed by atoms with E-state index in [0.717, 1.165) is 5.82 Å². The van der Waals surface area contributed by atoms with Crippen LogP contribution in [0.3, 0.4) is 0 Å². The van der Waals surface area contributed by atoms with Gasteiger partial charge in [0.25, 0.3) is 0 Å². The minimum Gasteiger partial charge on any atom is -0.495 e. The van der Waals surface area contributed by atoms with Crippen LogP contribution in [0.4, 0.5) is 5.69 Å². The van der Waals surface area contributed by atoms with E-state index in [1.807, 2.05) is 0 Å². The molecule has 0 aliphatic carbocycles. The van der Waals surface area contributed by atoms with Crippen LogP contribution in [0.1, 0.15) is 5.82 Å². The zero-order valence-electron chi connectivity index (χ0n) is 11.0. The van der Waals surface area contributed by atoms with Gasteiger partial charge in [-0.05, 0) is 12.1 Å². The smallest absolute Gasteiger partial charge is 0.240 e. The minimum absolute atomic E-state index is 0.114. The average Bonchev–Trinajstić information content (AvgIpc) is 2.92. The highest BCUT2D eigenvalue weighted by molar-refractivity contribution is 7.89. The molecule has 1 heterocycles. The second-order valence-electron chi connectivity index (χ2n) is 4.09. The number of aromatic nitrogens is 2. The summed E-state index contributed by atoms with van der Waals surface area (Å²) in [5, 5.41) is 0. The Morgan fingerprint density at radius 2 is 2.25 bits per heavy atom. The number of nitrogens with one attached hydrogen (secondary N) is 2. The first-order chi connectivity index (χ1) is 9.53. The second kappa shape index (κ2) is 5.93. The first-order valence-corrected chi connectivity index (χ1v) is 7.42. The number of rotatable bonds is 6. The molecule has 0 aliphatic heterocycles. The Labute approximate surface area is 117 Å². The third-order valence-corrected chi connectivity index (χ3v) is 4.18. The number of imidazole rings is 1. The zero-order valence-corrected chi connectivity index (χ0v) is 11.8. The van der Waals surface area contributed by atoms with Gasteiger partial charge in [0.2, 0.25) is 10.0 Å². The number of ether oxygens (including phenoxy) is 1. The quantitative estimate of drug-likeness (QED) is 0.673. The Kier molecular flexibility index (Phi) is 4.26. The number of aromatic amines is 1. The van der Waals surface area contributed by atoms with Gasteiger partial charge in [-0.2, -0.15) is 0 Å². The third kappa shape index (κ3) is 3.28. The van der Waals surface area contributed by atoms with Gasteiger partial charge >= 0.3 is 0 Å². The number of anilines is 1. The fourth-order valence-electron chi connectivity index (χ4n) is 1.68. The Morgan fingerprint density at radius 3 is 2.90 bits per heavy atom. The predicted octanol–water partition coefficient (Wildman–Crippen LogP) is 0.521. The van der Waals surface area contributed by atoms with Crippen molar-refractivity contribution in [2.45, 2.75) is 11.3 Å². The van der Waals surface area contributed by atoms with Crippen molar-refractivity contribution in [1.82, 2.24) is 14.7 Å². The lowest BCUT2D eigenvalue weighted by Gasteiger charge is -2.09. The lowest BCUT2D eigenvalue weighted by molar-refractivity contribution is 0.415. The summed E-state index contributed by atoms with van der Waals surface area (Å²) in [6.07, 6.45) is 3.79. The van der Waals surface area contributed by atoms with Crippen molar-refractivity contribution in [3.63, 3.8) is 0 Å². The number of hydrogen-bond acceptors (Lipinski definition) is 5. The summed E-state index contributed by atoms with van der Waals surface area (Å²) in [4.78, 5) is 7.04. The van der Waals surface area contributed by atoms with Crippen molar-refractivity contribution in [1.29, 1.82) is 0 Å². The number of benzene rings is 1. The molecule has 0 amide bonds. The maximum atomic E-state index is 12.1. The lowest BCUT2D eigenvalue weighted by Crippen LogP contribution is -2.26. The van der Waals surface area contributed by atoms with E-state index >= 15 is 0 Å². The minimum atomic E-state index is -3.59. The first kappa shape index (κ1) is 14.4. The Hall–Kier alpha value is -2.06. The molecule has 2 aromatic rings. The number of nitrogens with zero attached hydrogens (tertiary/aromatic N) is 1. The van der Waals surface area contributed by atoms with E-state index in [-0.39, 0.29) is 11.4 Å². The van der Waals surface area contributed by atoms with Crippen molar-refractivity contribution in [2.75, 3.05) is 19.4 Å². The van der Waals surface area contributed by atoms with Crippen molar-refractivity contribution < 1.29 is 13.2 Å². The van der Waals surface area contributed by atoms with E-state index in [4.69, 9.17) is 10.5 Å². The Bertz CT molecular complexity index is 668. The molecule has 0 saturated carbocycles. The van der Waals surface area contributed by atoms with Crippen LogP contribution in [0.5, 0.6) is 5.75 Å². The maximum Gasteiger partial charge on any atom is 0.240 e. The summed E-state index contributed by atoms with van der Waals surface area (Å²) in [6, 6.07) is 4.33. The lowest BCUT2D eigenvalue weighted by atomic mass is 10.3. The highest BCUT2D eigenvalue weighted by atomic mass is 32.2. The van der Waals surface area contributed by atoms with E-state index in [0.29, 0.717) is 17.9 Å². The summed E-state index contributed by atoms with van der Waals surface area (Å²) in [5.74, 6) is 1.06. The number of methoxy groups -OCH3 is 1. The molecule has 1 aromatic heterocycles. The predicted molar refractivity (Wildman–Crippen MR) is 74.9 cm³/mol. The molecular formula is C12H16N4O3S. The number of nitrogen functional groups attached to an aromatic ring is 1. The molecule has 8 heteroatoms. The standard InChI is InChI=1S/C12H16N4O3S/c1-19-11-8-9(2-3-10(11)13)20(17,18)16-5-4-12-14-6-7-15-12/h2-3,6-8,16H,4-5,13H2,1H3,(H,14,15). The van der Waals surface area contributed by atoms with E-state index < -0.39 is 10.0 Å². The van der Waals surface area contributed by atoms with Crippen molar-refractivity contribution in [2.24, 2.45) is 0 Å². The molecule has 4 N–H and O–H groups in total.